The third kappa shape index (κ3) is 4.84. The number of aromatic amines is 1. The molecule has 0 saturated carbocycles. The number of alkyl halides is 3. The molecule has 1 heterocycles. The van der Waals surface area contributed by atoms with Gasteiger partial charge in [-0.15, -0.1) is 0 Å². The van der Waals surface area contributed by atoms with Gasteiger partial charge in [-0.2, -0.15) is 13.2 Å². The van der Waals surface area contributed by atoms with E-state index in [1.165, 1.54) is 24.3 Å². The van der Waals surface area contributed by atoms with Crippen molar-refractivity contribution in [2.45, 2.75) is 6.18 Å². The molecular weight excluding hydrogens is 311 g/mol. The van der Waals surface area contributed by atoms with Gasteiger partial charge in [0.2, 0.25) is 5.78 Å². The number of ketones is 1. The Hall–Kier alpha value is -2.83. The number of hydrogen-bond donors (Lipinski definition) is 1. The van der Waals surface area contributed by atoms with E-state index in [4.69, 9.17) is 4.74 Å². The van der Waals surface area contributed by atoms with Crippen LogP contribution in [0.1, 0.15) is 21.6 Å². The molecule has 0 fully saturated rings. The molecule has 0 spiro atoms. The Labute approximate surface area is 129 Å². The number of halogens is 3. The second-order valence-electron chi connectivity index (χ2n) is 4.57. The first-order chi connectivity index (χ1) is 10.9. The topological polar surface area (TPSA) is 59.2 Å². The van der Waals surface area contributed by atoms with Gasteiger partial charge in [0.05, 0.1) is 11.3 Å². The van der Waals surface area contributed by atoms with E-state index in [-0.39, 0.29) is 5.56 Å². The maximum atomic E-state index is 12.6. The minimum Gasteiger partial charge on any atom is -0.454 e. The largest absolute Gasteiger partial charge is 0.454 e. The van der Waals surface area contributed by atoms with E-state index in [1.54, 1.807) is 12.3 Å². The highest BCUT2D eigenvalue weighted by molar-refractivity contribution is 5.97. The third-order valence-corrected chi connectivity index (χ3v) is 2.87. The number of carbonyl (C=O) groups is 2. The summed E-state index contributed by atoms with van der Waals surface area (Å²) < 4.78 is 42.4. The highest BCUT2D eigenvalue weighted by atomic mass is 19.4. The monoisotopic (exact) mass is 323 g/mol. The molecule has 0 saturated heterocycles. The number of hydrogen-bond acceptors (Lipinski definition) is 3. The number of esters is 1. The van der Waals surface area contributed by atoms with E-state index in [9.17, 15) is 22.8 Å². The van der Waals surface area contributed by atoms with Crippen molar-refractivity contribution in [1.29, 1.82) is 0 Å². The van der Waals surface area contributed by atoms with Crippen molar-refractivity contribution in [1.82, 2.24) is 4.98 Å². The number of Topliss-reactive ketones (excluding diaryl/α,β-unsaturated/α-hetero) is 1. The van der Waals surface area contributed by atoms with Gasteiger partial charge in [-0.3, -0.25) is 4.79 Å². The van der Waals surface area contributed by atoms with Crippen LogP contribution in [0.2, 0.25) is 0 Å². The molecule has 0 unspecified atom stereocenters. The predicted octanol–water partition coefficient (Wildman–Crippen LogP) is 3.47. The minimum absolute atomic E-state index is 0.201. The smallest absolute Gasteiger partial charge is 0.416 e. The quantitative estimate of drug-likeness (QED) is 0.521. The highest BCUT2D eigenvalue weighted by Crippen LogP contribution is 2.29. The van der Waals surface area contributed by atoms with Crippen LogP contribution in [-0.4, -0.2) is 23.3 Å². The zero-order chi connectivity index (χ0) is 16.9. The molecule has 2 aromatic rings. The zero-order valence-electron chi connectivity index (χ0n) is 11.8. The number of nitrogens with one attached hydrogen (secondary N) is 1. The Bertz CT molecular complexity index is 718. The average Bonchev–Trinajstić information content (AvgIpc) is 3.04. The first-order valence-electron chi connectivity index (χ1n) is 6.55. The Balaban J connectivity index is 1.92. The van der Waals surface area contributed by atoms with E-state index in [2.05, 4.69) is 4.98 Å². The fourth-order valence-corrected chi connectivity index (χ4v) is 1.75. The Morgan fingerprint density at radius 1 is 1.17 bits per heavy atom. The van der Waals surface area contributed by atoms with Crippen LogP contribution < -0.4 is 0 Å². The zero-order valence-corrected chi connectivity index (χ0v) is 11.8. The third-order valence-electron chi connectivity index (χ3n) is 2.87. The molecule has 0 atom stereocenters. The lowest BCUT2D eigenvalue weighted by Crippen LogP contribution is -2.12. The van der Waals surface area contributed by atoms with Crippen molar-refractivity contribution in [3.8, 4) is 0 Å². The summed E-state index contributed by atoms with van der Waals surface area (Å²) in [6, 6.07) is 7.67. The summed E-state index contributed by atoms with van der Waals surface area (Å²) in [5, 5.41) is 0. The Morgan fingerprint density at radius 3 is 2.61 bits per heavy atom. The molecule has 0 aliphatic carbocycles. The molecular formula is C16H12F3NO3. The van der Waals surface area contributed by atoms with Gasteiger partial charge in [-0.25, -0.2) is 4.79 Å². The molecule has 0 bridgehead atoms. The maximum Gasteiger partial charge on any atom is 0.416 e. The number of H-pyrrole nitrogens is 1. The second-order valence-corrected chi connectivity index (χ2v) is 4.57. The summed E-state index contributed by atoms with van der Waals surface area (Å²) in [6.45, 7) is -0.452. The lowest BCUT2D eigenvalue weighted by molar-refractivity contribution is -0.138. The summed E-state index contributed by atoms with van der Waals surface area (Å²) in [7, 11) is 0. The normalized spacial score (nSPS) is 11.6. The molecule has 23 heavy (non-hydrogen) atoms. The van der Waals surface area contributed by atoms with E-state index in [1.807, 2.05) is 0 Å². The van der Waals surface area contributed by atoms with Crippen molar-refractivity contribution < 1.29 is 27.5 Å². The maximum absolute atomic E-state index is 12.6. The van der Waals surface area contributed by atoms with Crippen molar-refractivity contribution in [3.05, 3.63) is 65.5 Å². The van der Waals surface area contributed by atoms with Gasteiger partial charge < -0.3 is 9.72 Å². The van der Waals surface area contributed by atoms with Crippen LogP contribution in [0, 0.1) is 0 Å². The molecule has 0 amide bonds. The molecule has 1 aromatic heterocycles. The SMILES string of the molecule is O=C(C=Cc1cccc(C(F)(F)F)c1)OCC(=O)c1ccc[nH]1. The van der Waals surface area contributed by atoms with E-state index >= 15 is 0 Å². The first kappa shape index (κ1) is 16.5. The standard InChI is InChI=1S/C16H12F3NO3/c17-16(18,19)12-4-1-3-11(9-12)6-7-15(22)23-10-14(21)13-5-2-8-20-13/h1-9,20H,10H2. The van der Waals surface area contributed by atoms with Gasteiger partial charge in [0, 0.05) is 12.3 Å². The minimum atomic E-state index is -4.45. The molecule has 120 valence electrons. The van der Waals surface area contributed by atoms with Crippen molar-refractivity contribution >= 4 is 17.8 Å². The Morgan fingerprint density at radius 2 is 1.96 bits per heavy atom. The molecule has 0 aliphatic heterocycles. The van der Waals surface area contributed by atoms with Crippen LogP contribution in [0.5, 0.6) is 0 Å². The number of carbonyl (C=O) groups excluding carboxylic acids is 2. The lowest BCUT2D eigenvalue weighted by atomic mass is 10.1. The second kappa shape index (κ2) is 6.95. The molecule has 0 radical (unpaired) electrons. The number of ether oxygens (including phenoxy) is 1. The van der Waals surface area contributed by atoms with Crippen molar-refractivity contribution in [2.24, 2.45) is 0 Å². The van der Waals surface area contributed by atoms with Gasteiger partial charge in [-0.05, 0) is 35.9 Å². The van der Waals surface area contributed by atoms with Crippen LogP contribution in [0.3, 0.4) is 0 Å². The molecule has 0 aliphatic rings. The first-order valence-corrected chi connectivity index (χ1v) is 6.55. The van der Waals surface area contributed by atoms with Crippen molar-refractivity contribution in [3.63, 3.8) is 0 Å². The van der Waals surface area contributed by atoms with Crippen LogP contribution in [0.4, 0.5) is 13.2 Å². The fourth-order valence-electron chi connectivity index (χ4n) is 1.75. The summed E-state index contributed by atoms with van der Waals surface area (Å²) >= 11 is 0. The fraction of sp³-hybridized carbons (Fsp3) is 0.125. The van der Waals surface area contributed by atoms with Gasteiger partial charge in [0.25, 0.3) is 0 Å². The molecule has 2 rings (SSSR count). The Kier molecular flexibility index (Phi) is 5.00. The molecule has 1 aromatic carbocycles. The van der Waals surface area contributed by atoms with E-state index in [0.29, 0.717) is 5.69 Å². The summed E-state index contributed by atoms with van der Waals surface area (Å²) in [5.41, 5.74) is -0.304. The van der Waals surface area contributed by atoms with Gasteiger partial charge in [0.15, 0.2) is 6.61 Å². The number of aromatic nitrogens is 1. The predicted molar refractivity (Wildman–Crippen MR) is 76.6 cm³/mol. The number of benzene rings is 1. The van der Waals surface area contributed by atoms with Crippen LogP contribution in [0.25, 0.3) is 6.08 Å². The molecule has 4 nitrogen and oxygen atoms in total. The van der Waals surface area contributed by atoms with E-state index in [0.717, 1.165) is 18.2 Å². The van der Waals surface area contributed by atoms with Gasteiger partial charge >= 0.3 is 12.1 Å². The average molecular weight is 323 g/mol. The summed E-state index contributed by atoms with van der Waals surface area (Å²) in [5.74, 6) is -1.22. The number of rotatable bonds is 5. The molecule has 1 N–H and O–H groups in total. The van der Waals surface area contributed by atoms with Gasteiger partial charge in [-0.1, -0.05) is 12.1 Å². The highest BCUT2D eigenvalue weighted by Gasteiger charge is 2.30. The van der Waals surface area contributed by atoms with Crippen molar-refractivity contribution in [2.75, 3.05) is 6.61 Å². The molecule has 7 heteroatoms. The summed E-state index contributed by atoms with van der Waals surface area (Å²) in [4.78, 5) is 25.7. The van der Waals surface area contributed by atoms with Crippen LogP contribution in [0.15, 0.2) is 48.7 Å². The van der Waals surface area contributed by atoms with Crippen LogP contribution >= 0.6 is 0 Å². The lowest BCUT2D eigenvalue weighted by Gasteiger charge is -2.06. The van der Waals surface area contributed by atoms with Gasteiger partial charge in [0.1, 0.15) is 0 Å². The van der Waals surface area contributed by atoms with E-state index < -0.39 is 30.1 Å². The van der Waals surface area contributed by atoms with Crippen LogP contribution in [-0.2, 0) is 15.7 Å². The summed E-state index contributed by atoms with van der Waals surface area (Å²) in [6.07, 6.45) is -0.733.